The van der Waals surface area contributed by atoms with E-state index in [0.717, 1.165) is 38.2 Å². The molecule has 0 saturated heterocycles. The Hall–Kier alpha value is -2.40. The number of benzene rings is 1. The Labute approximate surface area is 151 Å². The second-order valence-corrected chi connectivity index (χ2v) is 7.08. The molecule has 0 aliphatic carbocycles. The predicted octanol–water partition coefficient (Wildman–Crippen LogP) is 4.52. The Bertz CT molecular complexity index is 930. The van der Waals surface area contributed by atoms with E-state index in [1.807, 2.05) is 37.6 Å². The highest BCUT2D eigenvalue weighted by molar-refractivity contribution is 7.17. The highest BCUT2D eigenvalue weighted by atomic mass is 32.1. The molecule has 0 aliphatic heterocycles. The molecule has 3 aromatic rings. The summed E-state index contributed by atoms with van der Waals surface area (Å²) in [5.74, 6) is 0.609. The molecule has 0 bridgehead atoms. The van der Waals surface area contributed by atoms with Gasteiger partial charge in [0, 0.05) is 22.2 Å². The molecule has 0 radical (unpaired) electrons. The van der Waals surface area contributed by atoms with Crippen LogP contribution in [0.1, 0.15) is 27.9 Å². The van der Waals surface area contributed by atoms with E-state index in [0.29, 0.717) is 13.0 Å². The molecule has 0 fully saturated rings. The van der Waals surface area contributed by atoms with Crippen LogP contribution in [0, 0.1) is 20.8 Å². The molecule has 0 saturated carbocycles. The second-order valence-electron chi connectivity index (χ2n) is 6.17. The summed E-state index contributed by atoms with van der Waals surface area (Å²) in [6, 6.07) is 6.11. The third-order valence-corrected chi connectivity index (χ3v) is 5.21. The number of carbonyl (C=O) groups is 1. The first-order valence-electron chi connectivity index (χ1n) is 8.10. The zero-order valence-corrected chi connectivity index (χ0v) is 15.7. The van der Waals surface area contributed by atoms with Crippen LogP contribution in [0.5, 0.6) is 5.75 Å². The van der Waals surface area contributed by atoms with Gasteiger partial charge in [0.2, 0.25) is 0 Å². The first-order chi connectivity index (χ1) is 12.0. The number of nitrogens with zero attached hydrogens (tertiary/aromatic N) is 1. The third-order valence-electron chi connectivity index (χ3n) is 4.23. The fraction of sp³-hybridized carbons (Fsp3) is 0.300. The van der Waals surface area contributed by atoms with Gasteiger partial charge in [-0.05, 0) is 66.4 Å². The molecular weight excluding hydrogens is 334 g/mol. The van der Waals surface area contributed by atoms with Crippen molar-refractivity contribution in [3.8, 4) is 5.75 Å². The molecule has 25 heavy (non-hydrogen) atoms. The number of aromatic nitrogens is 1. The minimum Gasteiger partial charge on any atom is -0.489 e. The molecule has 0 aliphatic rings. The van der Waals surface area contributed by atoms with E-state index in [1.54, 1.807) is 11.3 Å². The number of hydrogen-bond acceptors (Lipinski definition) is 5. The maximum absolute atomic E-state index is 11.6. The predicted molar refractivity (Wildman–Crippen MR) is 100 cm³/mol. The summed E-state index contributed by atoms with van der Waals surface area (Å²) < 4.78 is 11.9. The van der Waals surface area contributed by atoms with E-state index in [4.69, 9.17) is 9.47 Å². The highest BCUT2D eigenvalue weighted by Crippen LogP contribution is 2.33. The summed E-state index contributed by atoms with van der Waals surface area (Å²) in [5, 5.41) is 3.14. The van der Waals surface area contributed by atoms with E-state index < -0.39 is 0 Å². The zero-order chi connectivity index (χ0) is 18.0. The van der Waals surface area contributed by atoms with Gasteiger partial charge in [-0.2, -0.15) is 0 Å². The number of hydrogen-bond donors (Lipinski definition) is 0. The molecule has 0 unspecified atom stereocenters. The molecule has 4 nitrogen and oxygen atoms in total. The monoisotopic (exact) mass is 355 g/mol. The molecule has 5 heteroatoms. The summed E-state index contributed by atoms with van der Waals surface area (Å²) >= 11 is 1.62. The quantitative estimate of drug-likeness (QED) is 0.632. The molecule has 0 amide bonds. The van der Waals surface area contributed by atoms with Gasteiger partial charge in [0.15, 0.2) is 0 Å². The number of rotatable bonds is 5. The van der Waals surface area contributed by atoms with Crippen molar-refractivity contribution in [2.24, 2.45) is 0 Å². The Morgan fingerprint density at radius 1 is 1.12 bits per heavy atom. The molecular formula is C20H21NO3S. The van der Waals surface area contributed by atoms with Gasteiger partial charge in [-0.1, -0.05) is 0 Å². The number of methoxy groups -OCH3 is 1. The van der Waals surface area contributed by atoms with E-state index in [-0.39, 0.29) is 5.97 Å². The van der Waals surface area contributed by atoms with Crippen molar-refractivity contribution in [2.45, 2.75) is 33.8 Å². The normalized spacial score (nSPS) is 10.9. The lowest BCUT2D eigenvalue weighted by Gasteiger charge is -2.11. The first kappa shape index (κ1) is 17.4. The van der Waals surface area contributed by atoms with Crippen LogP contribution in [0.15, 0.2) is 29.8 Å². The Balaban J connectivity index is 1.82. The van der Waals surface area contributed by atoms with Crippen molar-refractivity contribution in [1.29, 1.82) is 0 Å². The van der Waals surface area contributed by atoms with Gasteiger partial charge in [0.25, 0.3) is 0 Å². The molecule has 0 atom stereocenters. The Morgan fingerprint density at radius 2 is 1.92 bits per heavy atom. The lowest BCUT2D eigenvalue weighted by molar-refractivity contribution is -0.139. The highest BCUT2D eigenvalue weighted by Gasteiger charge is 2.13. The van der Waals surface area contributed by atoms with E-state index >= 15 is 0 Å². The van der Waals surface area contributed by atoms with E-state index in [1.165, 1.54) is 12.7 Å². The molecule has 130 valence electrons. The largest absolute Gasteiger partial charge is 0.489 e. The molecule has 1 aromatic carbocycles. The van der Waals surface area contributed by atoms with Gasteiger partial charge in [0.05, 0.1) is 13.5 Å². The number of pyridine rings is 1. The summed E-state index contributed by atoms with van der Waals surface area (Å²) in [7, 11) is 1.41. The number of thiophene rings is 1. The zero-order valence-electron chi connectivity index (χ0n) is 14.9. The maximum Gasteiger partial charge on any atom is 0.310 e. The minimum absolute atomic E-state index is 0.221. The van der Waals surface area contributed by atoms with Crippen LogP contribution in [-0.4, -0.2) is 18.1 Å². The number of aryl methyl sites for hydroxylation is 3. The van der Waals surface area contributed by atoms with Gasteiger partial charge in [-0.3, -0.25) is 9.78 Å². The SMILES string of the molecule is COC(=O)Cc1csc2cc(OCc3cnc(C)cc3C)cc(C)c12. The standard InChI is InChI=1S/C20H21NO3S/c1-12-5-14(3)21-9-16(12)10-24-17-6-13(2)20-15(7-19(22)23-4)11-25-18(20)8-17/h5-6,8-9,11H,7,10H2,1-4H3. The van der Waals surface area contributed by atoms with E-state index in [2.05, 4.69) is 18.0 Å². The molecule has 2 aromatic heterocycles. The van der Waals surface area contributed by atoms with Crippen LogP contribution in [0.3, 0.4) is 0 Å². The lowest BCUT2D eigenvalue weighted by atomic mass is 10.1. The van der Waals surface area contributed by atoms with Crippen molar-refractivity contribution in [3.63, 3.8) is 0 Å². The Kier molecular flexibility index (Phi) is 5.04. The van der Waals surface area contributed by atoms with Crippen LogP contribution in [0.25, 0.3) is 10.1 Å². The topological polar surface area (TPSA) is 48.4 Å². The van der Waals surface area contributed by atoms with Gasteiger partial charge >= 0.3 is 5.97 Å². The van der Waals surface area contributed by atoms with Crippen LogP contribution in [0.4, 0.5) is 0 Å². The summed E-state index contributed by atoms with van der Waals surface area (Å²) in [5.41, 5.74) is 5.39. The Morgan fingerprint density at radius 3 is 2.64 bits per heavy atom. The summed E-state index contributed by atoms with van der Waals surface area (Å²) in [6.45, 7) is 6.59. The van der Waals surface area contributed by atoms with Gasteiger partial charge in [0.1, 0.15) is 12.4 Å². The number of fused-ring (bicyclic) bond motifs is 1. The van der Waals surface area contributed by atoms with Crippen LogP contribution in [-0.2, 0) is 22.6 Å². The van der Waals surface area contributed by atoms with Gasteiger partial charge < -0.3 is 9.47 Å². The number of ether oxygens (including phenoxy) is 2. The van der Waals surface area contributed by atoms with Gasteiger partial charge in [-0.15, -0.1) is 11.3 Å². The molecule has 2 heterocycles. The van der Waals surface area contributed by atoms with Crippen molar-refractivity contribution in [3.05, 3.63) is 57.7 Å². The first-order valence-corrected chi connectivity index (χ1v) is 8.98. The second kappa shape index (κ2) is 7.23. The fourth-order valence-corrected chi connectivity index (χ4v) is 3.96. The number of esters is 1. The lowest BCUT2D eigenvalue weighted by Crippen LogP contribution is -2.04. The molecule has 0 N–H and O–H groups in total. The average molecular weight is 355 g/mol. The van der Waals surface area contributed by atoms with Crippen LogP contribution >= 0.6 is 11.3 Å². The van der Waals surface area contributed by atoms with Crippen molar-refractivity contribution in [1.82, 2.24) is 4.98 Å². The average Bonchev–Trinajstić information content (AvgIpc) is 2.97. The van der Waals surface area contributed by atoms with E-state index in [9.17, 15) is 4.79 Å². The van der Waals surface area contributed by atoms with Crippen molar-refractivity contribution < 1.29 is 14.3 Å². The fourth-order valence-electron chi connectivity index (χ4n) is 2.90. The molecule has 0 spiro atoms. The molecule has 3 rings (SSSR count). The third kappa shape index (κ3) is 3.82. The van der Waals surface area contributed by atoms with Crippen LogP contribution < -0.4 is 4.74 Å². The van der Waals surface area contributed by atoms with Crippen molar-refractivity contribution in [2.75, 3.05) is 7.11 Å². The van der Waals surface area contributed by atoms with Gasteiger partial charge in [-0.25, -0.2) is 0 Å². The van der Waals surface area contributed by atoms with Crippen molar-refractivity contribution >= 4 is 27.4 Å². The smallest absolute Gasteiger partial charge is 0.310 e. The maximum atomic E-state index is 11.6. The minimum atomic E-state index is -0.221. The summed E-state index contributed by atoms with van der Waals surface area (Å²) in [4.78, 5) is 15.9. The van der Waals surface area contributed by atoms with Crippen LogP contribution in [0.2, 0.25) is 0 Å². The number of carbonyl (C=O) groups excluding carboxylic acids is 1. The summed E-state index contributed by atoms with van der Waals surface area (Å²) in [6.07, 6.45) is 2.17.